The van der Waals surface area contributed by atoms with Crippen LogP contribution in [-0.4, -0.2) is 23.7 Å². The molecule has 1 rings (SSSR count). The van der Waals surface area contributed by atoms with E-state index in [1.54, 1.807) is 6.92 Å². The number of amides is 1. The SMILES string of the molecule is CCC(C)OC(=O)CSc1cc(C(=O)N=[N+]=[N-])c(F)cc1Br. The van der Waals surface area contributed by atoms with Gasteiger partial charge >= 0.3 is 5.97 Å². The van der Waals surface area contributed by atoms with Gasteiger partial charge in [-0.25, -0.2) is 4.39 Å². The molecule has 1 atom stereocenters. The number of thioether (sulfide) groups is 1. The summed E-state index contributed by atoms with van der Waals surface area (Å²) in [4.78, 5) is 25.9. The van der Waals surface area contributed by atoms with Crippen LogP contribution in [0.15, 0.2) is 26.6 Å². The van der Waals surface area contributed by atoms with Gasteiger partial charge in [-0.1, -0.05) is 6.92 Å². The summed E-state index contributed by atoms with van der Waals surface area (Å²) in [6.07, 6.45) is 0.536. The quantitative estimate of drug-likeness (QED) is 0.236. The summed E-state index contributed by atoms with van der Waals surface area (Å²) in [5, 5.41) is 2.86. The van der Waals surface area contributed by atoms with Gasteiger partial charge in [-0.3, -0.25) is 9.59 Å². The Bertz CT molecular complexity index is 635. The Hall–Kier alpha value is -1.57. The maximum absolute atomic E-state index is 13.7. The number of carbonyl (C=O) groups excluding carboxylic acids is 2. The number of esters is 1. The van der Waals surface area contributed by atoms with Crippen molar-refractivity contribution in [3.8, 4) is 0 Å². The maximum atomic E-state index is 13.7. The molecule has 118 valence electrons. The van der Waals surface area contributed by atoms with Crippen LogP contribution in [0.25, 0.3) is 10.4 Å². The zero-order valence-corrected chi connectivity index (χ0v) is 14.3. The minimum atomic E-state index is -1.02. The normalized spacial score (nSPS) is 11.5. The number of hydrogen-bond donors (Lipinski definition) is 0. The van der Waals surface area contributed by atoms with Crippen molar-refractivity contribution in [2.75, 3.05) is 5.75 Å². The molecule has 1 aromatic rings. The summed E-state index contributed by atoms with van der Waals surface area (Å²) in [6.45, 7) is 3.68. The van der Waals surface area contributed by atoms with E-state index in [4.69, 9.17) is 10.3 Å². The van der Waals surface area contributed by atoms with E-state index in [0.717, 1.165) is 17.8 Å². The van der Waals surface area contributed by atoms with Crippen LogP contribution in [0.5, 0.6) is 0 Å². The molecule has 0 aliphatic heterocycles. The van der Waals surface area contributed by atoms with Gasteiger partial charge in [-0.15, -0.1) is 11.8 Å². The first-order valence-corrected chi connectivity index (χ1v) is 8.07. The Balaban J connectivity index is 2.87. The number of carbonyl (C=O) groups is 2. The Kier molecular flexibility index (Phi) is 7.37. The van der Waals surface area contributed by atoms with Gasteiger partial charge in [0, 0.05) is 14.3 Å². The zero-order valence-electron chi connectivity index (χ0n) is 11.9. The van der Waals surface area contributed by atoms with Gasteiger partial charge in [0.1, 0.15) is 5.82 Å². The van der Waals surface area contributed by atoms with E-state index in [1.807, 2.05) is 6.92 Å². The first-order chi connectivity index (χ1) is 10.4. The van der Waals surface area contributed by atoms with Crippen LogP contribution >= 0.6 is 27.7 Å². The molecule has 0 saturated carbocycles. The molecule has 1 aromatic carbocycles. The molecule has 0 bridgehead atoms. The number of benzene rings is 1. The smallest absolute Gasteiger partial charge is 0.316 e. The summed E-state index contributed by atoms with van der Waals surface area (Å²) >= 11 is 4.25. The summed E-state index contributed by atoms with van der Waals surface area (Å²) in [5.74, 6) is -2.21. The third kappa shape index (κ3) is 5.32. The predicted octanol–water partition coefficient (Wildman–Crippen LogP) is 4.47. The lowest BCUT2D eigenvalue weighted by Crippen LogP contribution is -2.15. The summed E-state index contributed by atoms with van der Waals surface area (Å²) in [5.41, 5.74) is 7.89. The van der Waals surface area contributed by atoms with E-state index in [-0.39, 0.29) is 17.4 Å². The number of nitrogens with zero attached hydrogens (tertiary/aromatic N) is 3. The number of azide groups is 1. The molecule has 0 spiro atoms. The summed E-state index contributed by atoms with van der Waals surface area (Å²) in [6, 6.07) is 2.32. The molecule has 0 N–H and O–H groups in total. The fourth-order valence-electron chi connectivity index (χ4n) is 1.38. The molecule has 0 radical (unpaired) electrons. The van der Waals surface area contributed by atoms with Crippen LogP contribution in [-0.2, 0) is 9.53 Å². The Morgan fingerprint density at radius 1 is 1.55 bits per heavy atom. The van der Waals surface area contributed by atoms with Gasteiger partial charge in [0.05, 0.1) is 17.4 Å². The highest BCUT2D eigenvalue weighted by molar-refractivity contribution is 9.10. The number of rotatable bonds is 6. The van der Waals surface area contributed by atoms with Crippen molar-refractivity contribution in [2.45, 2.75) is 31.3 Å². The van der Waals surface area contributed by atoms with Crippen LogP contribution in [0.2, 0.25) is 0 Å². The van der Waals surface area contributed by atoms with Crippen LogP contribution in [0.3, 0.4) is 0 Å². The van der Waals surface area contributed by atoms with Gasteiger partial charge in [-0.05, 0) is 52.1 Å². The van der Waals surface area contributed by atoms with Gasteiger partial charge in [-0.2, -0.15) is 0 Å². The Morgan fingerprint density at radius 3 is 2.82 bits per heavy atom. The second kappa shape index (κ2) is 8.77. The van der Waals surface area contributed by atoms with Crippen LogP contribution < -0.4 is 0 Å². The third-order valence-electron chi connectivity index (χ3n) is 2.64. The molecule has 0 aromatic heterocycles. The second-order valence-corrected chi connectivity index (χ2v) is 6.13. The molecule has 1 amide bonds. The van der Waals surface area contributed by atoms with Gasteiger partial charge in [0.2, 0.25) is 0 Å². The lowest BCUT2D eigenvalue weighted by molar-refractivity contribution is -0.144. The maximum Gasteiger partial charge on any atom is 0.316 e. The monoisotopic (exact) mass is 389 g/mol. The van der Waals surface area contributed by atoms with Crippen molar-refractivity contribution in [1.82, 2.24) is 0 Å². The van der Waals surface area contributed by atoms with Crippen molar-refractivity contribution in [1.29, 1.82) is 0 Å². The fraction of sp³-hybridized carbons (Fsp3) is 0.385. The lowest BCUT2D eigenvalue weighted by atomic mass is 10.2. The van der Waals surface area contributed by atoms with Crippen LogP contribution in [0.4, 0.5) is 4.39 Å². The molecule has 9 heteroatoms. The van der Waals surface area contributed by atoms with E-state index < -0.39 is 17.7 Å². The van der Waals surface area contributed by atoms with Crippen molar-refractivity contribution >= 4 is 39.6 Å². The van der Waals surface area contributed by atoms with E-state index >= 15 is 0 Å². The first kappa shape index (κ1) is 18.5. The van der Waals surface area contributed by atoms with Crippen molar-refractivity contribution in [2.24, 2.45) is 5.11 Å². The molecule has 0 saturated heterocycles. The van der Waals surface area contributed by atoms with Gasteiger partial charge < -0.3 is 4.74 Å². The second-order valence-electron chi connectivity index (χ2n) is 4.25. The summed E-state index contributed by atoms with van der Waals surface area (Å²) < 4.78 is 19.2. The minimum Gasteiger partial charge on any atom is -0.462 e. The lowest BCUT2D eigenvalue weighted by Gasteiger charge is -2.11. The number of ether oxygens (including phenoxy) is 1. The van der Waals surface area contributed by atoms with Crippen LogP contribution in [0, 0.1) is 5.82 Å². The topological polar surface area (TPSA) is 92.1 Å². The molecule has 6 nitrogen and oxygen atoms in total. The molecule has 22 heavy (non-hydrogen) atoms. The fourth-order valence-corrected chi connectivity index (χ4v) is 2.77. The molecule has 0 fully saturated rings. The van der Waals surface area contributed by atoms with E-state index in [0.29, 0.717) is 15.8 Å². The van der Waals surface area contributed by atoms with Crippen molar-refractivity contribution in [3.63, 3.8) is 0 Å². The highest BCUT2D eigenvalue weighted by Gasteiger charge is 2.16. The van der Waals surface area contributed by atoms with Crippen molar-refractivity contribution in [3.05, 3.63) is 38.4 Å². The minimum absolute atomic E-state index is 0.0176. The summed E-state index contributed by atoms with van der Waals surface area (Å²) in [7, 11) is 0. The predicted molar refractivity (Wildman–Crippen MR) is 84.1 cm³/mol. The zero-order chi connectivity index (χ0) is 16.7. The molecule has 1 unspecified atom stereocenters. The van der Waals surface area contributed by atoms with E-state index in [1.165, 1.54) is 6.07 Å². The highest BCUT2D eigenvalue weighted by Crippen LogP contribution is 2.30. The molecular formula is C13H13BrFN3O3S. The molecule has 0 aliphatic carbocycles. The molecular weight excluding hydrogens is 377 g/mol. The van der Waals surface area contributed by atoms with E-state index in [2.05, 4.69) is 26.0 Å². The number of hydrogen-bond acceptors (Lipinski definition) is 4. The van der Waals surface area contributed by atoms with E-state index in [9.17, 15) is 14.0 Å². The number of halogens is 2. The Morgan fingerprint density at radius 2 is 2.23 bits per heavy atom. The highest BCUT2D eigenvalue weighted by atomic mass is 79.9. The molecule has 0 aliphatic rings. The average Bonchev–Trinajstić information content (AvgIpc) is 2.46. The Labute approximate surface area is 139 Å². The average molecular weight is 390 g/mol. The first-order valence-electron chi connectivity index (χ1n) is 6.29. The third-order valence-corrected chi connectivity index (χ3v) is 4.59. The van der Waals surface area contributed by atoms with Gasteiger partial charge in [0.25, 0.3) is 5.91 Å². The molecule has 0 heterocycles. The van der Waals surface area contributed by atoms with Crippen molar-refractivity contribution < 1.29 is 18.7 Å². The standard InChI is InChI=1S/C13H13BrFN3O3S/c1-3-7(2)21-12(19)6-22-11-4-8(13(20)17-18-16)10(15)5-9(11)14/h4-5,7H,3,6H2,1-2H3. The van der Waals surface area contributed by atoms with Gasteiger partial charge in [0.15, 0.2) is 0 Å². The largest absolute Gasteiger partial charge is 0.462 e. The van der Waals surface area contributed by atoms with Crippen LogP contribution in [0.1, 0.15) is 30.6 Å².